The molecule has 0 radical (unpaired) electrons. The lowest BCUT2D eigenvalue weighted by Crippen LogP contribution is -2.48. The van der Waals surface area contributed by atoms with Gasteiger partial charge in [-0.05, 0) is 49.4 Å². The zero-order valence-corrected chi connectivity index (χ0v) is 21.1. The third-order valence-corrected chi connectivity index (χ3v) is 8.34. The third-order valence-electron chi connectivity index (χ3n) is 6.43. The Morgan fingerprint density at radius 3 is 2.33 bits per heavy atom. The van der Waals surface area contributed by atoms with Crippen LogP contribution >= 0.6 is 0 Å². The van der Waals surface area contributed by atoms with Crippen molar-refractivity contribution in [2.24, 2.45) is 11.8 Å². The Morgan fingerprint density at radius 2 is 1.73 bits per heavy atom. The summed E-state index contributed by atoms with van der Waals surface area (Å²) in [7, 11) is -3.72. The van der Waals surface area contributed by atoms with Gasteiger partial charge in [-0.1, -0.05) is 13.8 Å². The van der Waals surface area contributed by atoms with E-state index in [2.05, 4.69) is 24.1 Å². The summed E-state index contributed by atoms with van der Waals surface area (Å²) in [5, 5.41) is 3.24. The van der Waals surface area contributed by atoms with Crippen LogP contribution in [0.25, 0.3) is 0 Å². The Balaban J connectivity index is 1.70. The third kappa shape index (κ3) is 7.40. The van der Waals surface area contributed by atoms with E-state index >= 15 is 0 Å². The Hall–Kier alpha value is -1.68. The second-order valence-corrected chi connectivity index (χ2v) is 11.3. The lowest BCUT2D eigenvalue weighted by atomic mass is 9.92. The predicted molar refractivity (Wildman–Crippen MR) is 130 cm³/mol. The number of carbonyl (C=O) groups is 1. The van der Waals surface area contributed by atoms with Crippen molar-refractivity contribution in [2.75, 3.05) is 65.5 Å². The van der Waals surface area contributed by atoms with Crippen molar-refractivity contribution in [2.45, 2.75) is 38.5 Å². The second-order valence-electron chi connectivity index (χ2n) is 9.39. The number of likely N-dealkylation sites (tertiary alicyclic amines) is 1. The van der Waals surface area contributed by atoms with E-state index in [0.29, 0.717) is 50.4 Å². The van der Waals surface area contributed by atoms with E-state index in [-0.39, 0.29) is 23.8 Å². The molecule has 9 heteroatoms. The van der Waals surface area contributed by atoms with Crippen LogP contribution in [0.5, 0.6) is 5.75 Å². The SMILES string of the molecule is CCOc1ccc(S(=O)(=O)N(CCC(=O)N2CCNCC2)CCN2CC(C)CC(C)C2)cc1. The minimum Gasteiger partial charge on any atom is -0.494 e. The first-order valence-electron chi connectivity index (χ1n) is 12.2. The summed E-state index contributed by atoms with van der Waals surface area (Å²) in [4.78, 5) is 17.1. The number of carbonyl (C=O) groups excluding carboxylic acids is 1. The molecule has 0 spiro atoms. The fourth-order valence-corrected chi connectivity index (χ4v) is 6.33. The molecular weight excluding hydrogens is 440 g/mol. The van der Waals surface area contributed by atoms with E-state index in [9.17, 15) is 13.2 Å². The van der Waals surface area contributed by atoms with E-state index in [1.807, 2.05) is 11.8 Å². The van der Waals surface area contributed by atoms with Gasteiger partial charge in [0.25, 0.3) is 0 Å². The molecule has 2 fully saturated rings. The molecule has 1 amide bonds. The van der Waals surface area contributed by atoms with E-state index in [4.69, 9.17) is 4.74 Å². The summed E-state index contributed by atoms with van der Waals surface area (Å²) in [5.74, 6) is 1.88. The van der Waals surface area contributed by atoms with E-state index in [0.717, 1.165) is 26.2 Å². The number of piperazine rings is 1. The normalized spacial score (nSPS) is 22.5. The molecule has 2 saturated heterocycles. The maximum atomic E-state index is 13.5. The molecule has 2 atom stereocenters. The standard InChI is InChI=1S/C24H40N4O4S/c1-4-32-22-5-7-23(8-6-22)33(30,31)28(12-9-24(29)27-13-10-25-11-14-27)16-15-26-18-20(2)17-21(3)19-26/h5-8,20-21,25H,4,9-19H2,1-3H3. The highest BCUT2D eigenvalue weighted by Crippen LogP contribution is 2.23. The monoisotopic (exact) mass is 480 g/mol. The van der Waals surface area contributed by atoms with Gasteiger partial charge in [0.2, 0.25) is 15.9 Å². The van der Waals surface area contributed by atoms with Gasteiger partial charge in [0.1, 0.15) is 5.75 Å². The molecule has 0 aliphatic carbocycles. The topological polar surface area (TPSA) is 82.2 Å². The fourth-order valence-electron chi connectivity index (χ4n) is 4.90. The highest BCUT2D eigenvalue weighted by Gasteiger charge is 2.28. The summed E-state index contributed by atoms with van der Waals surface area (Å²) >= 11 is 0. The van der Waals surface area contributed by atoms with Crippen LogP contribution < -0.4 is 10.1 Å². The molecule has 2 aliphatic heterocycles. The smallest absolute Gasteiger partial charge is 0.243 e. The van der Waals surface area contributed by atoms with Crippen LogP contribution in [0.3, 0.4) is 0 Å². The summed E-state index contributed by atoms with van der Waals surface area (Å²) in [6.07, 6.45) is 1.41. The van der Waals surface area contributed by atoms with Crippen molar-refractivity contribution in [3.05, 3.63) is 24.3 Å². The first kappa shape index (κ1) is 25.9. The minimum absolute atomic E-state index is 0.0172. The van der Waals surface area contributed by atoms with Crippen LogP contribution in [0.4, 0.5) is 0 Å². The number of ether oxygens (including phenoxy) is 1. The van der Waals surface area contributed by atoms with Gasteiger partial charge in [-0.2, -0.15) is 4.31 Å². The largest absolute Gasteiger partial charge is 0.494 e. The molecule has 0 bridgehead atoms. The van der Waals surface area contributed by atoms with Gasteiger partial charge in [-0.15, -0.1) is 0 Å². The van der Waals surface area contributed by atoms with Crippen molar-refractivity contribution >= 4 is 15.9 Å². The number of sulfonamides is 1. The van der Waals surface area contributed by atoms with Crippen LogP contribution in [0, 0.1) is 11.8 Å². The summed E-state index contributed by atoms with van der Waals surface area (Å²) in [5.41, 5.74) is 0. The molecule has 0 aromatic heterocycles. The Kier molecular flexibility index (Phi) is 9.55. The van der Waals surface area contributed by atoms with Crippen molar-refractivity contribution < 1.29 is 17.9 Å². The molecule has 186 valence electrons. The van der Waals surface area contributed by atoms with Crippen molar-refractivity contribution in [3.8, 4) is 5.75 Å². The van der Waals surface area contributed by atoms with Crippen LogP contribution in [0.2, 0.25) is 0 Å². The lowest BCUT2D eigenvalue weighted by Gasteiger charge is -2.36. The number of hydrogen-bond donors (Lipinski definition) is 1. The maximum absolute atomic E-state index is 13.5. The molecule has 33 heavy (non-hydrogen) atoms. The quantitative estimate of drug-likeness (QED) is 0.551. The highest BCUT2D eigenvalue weighted by atomic mass is 32.2. The van der Waals surface area contributed by atoms with Gasteiger partial charge in [-0.25, -0.2) is 8.42 Å². The second kappa shape index (κ2) is 12.1. The molecule has 1 N–H and O–H groups in total. The molecule has 1 aromatic rings. The summed E-state index contributed by atoms with van der Waals surface area (Å²) in [6, 6.07) is 6.57. The first-order chi connectivity index (χ1) is 15.8. The Morgan fingerprint density at radius 1 is 1.09 bits per heavy atom. The van der Waals surface area contributed by atoms with Gasteiger partial charge >= 0.3 is 0 Å². The average Bonchev–Trinajstić information content (AvgIpc) is 2.79. The molecule has 2 unspecified atom stereocenters. The maximum Gasteiger partial charge on any atom is 0.243 e. The Bertz CT molecular complexity index is 846. The summed E-state index contributed by atoms with van der Waals surface area (Å²) < 4.78 is 34.0. The van der Waals surface area contributed by atoms with Gasteiger partial charge in [0.05, 0.1) is 11.5 Å². The molecular formula is C24H40N4O4S. The van der Waals surface area contributed by atoms with Crippen molar-refractivity contribution in [3.63, 3.8) is 0 Å². The summed E-state index contributed by atoms with van der Waals surface area (Å²) in [6.45, 7) is 13.1. The minimum atomic E-state index is -3.72. The number of nitrogens with zero attached hydrogens (tertiary/aromatic N) is 3. The van der Waals surface area contributed by atoms with Gasteiger partial charge in [0.15, 0.2) is 0 Å². The van der Waals surface area contributed by atoms with Crippen LogP contribution in [-0.2, 0) is 14.8 Å². The zero-order valence-electron chi connectivity index (χ0n) is 20.3. The average molecular weight is 481 g/mol. The van der Waals surface area contributed by atoms with E-state index < -0.39 is 10.0 Å². The molecule has 0 saturated carbocycles. The van der Waals surface area contributed by atoms with Gasteiger partial charge < -0.3 is 19.9 Å². The molecule has 2 aliphatic rings. The first-order valence-corrected chi connectivity index (χ1v) is 13.7. The van der Waals surface area contributed by atoms with Crippen LogP contribution in [-0.4, -0.2) is 93.9 Å². The number of piperidine rings is 1. The Labute approximate surface area is 199 Å². The molecule has 3 rings (SSSR count). The fraction of sp³-hybridized carbons (Fsp3) is 0.708. The number of hydrogen-bond acceptors (Lipinski definition) is 6. The zero-order chi connectivity index (χ0) is 23.8. The number of amides is 1. The number of nitrogens with one attached hydrogen (secondary N) is 1. The highest BCUT2D eigenvalue weighted by molar-refractivity contribution is 7.89. The van der Waals surface area contributed by atoms with Crippen LogP contribution in [0.15, 0.2) is 29.2 Å². The molecule has 2 heterocycles. The molecule has 8 nitrogen and oxygen atoms in total. The van der Waals surface area contributed by atoms with E-state index in [1.54, 1.807) is 24.3 Å². The molecule has 1 aromatic carbocycles. The van der Waals surface area contributed by atoms with Crippen LogP contribution in [0.1, 0.15) is 33.6 Å². The van der Waals surface area contributed by atoms with Crippen molar-refractivity contribution in [1.29, 1.82) is 0 Å². The number of rotatable bonds is 10. The van der Waals surface area contributed by atoms with Gasteiger partial charge in [0, 0.05) is 65.3 Å². The van der Waals surface area contributed by atoms with Gasteiger partial charge in [-0.3, -0.25) is 4.79 Å². The number of benzene rings is 1. The van der Waals surface area contributed by atoms with E-state index in [1.165, 1.54) is 10.7 Å². The van der Waals surface area contributed by atoms with Crippen molar-refractivity contribution in [1.82, 2.24) is 19.4 Å². The predicted octanol–water partition coefficient (Wildman–Crippen LogP) is 1.88. The lowest BCUT2D eigenvalue weighted by molar-refractivity contribution is -0.131.